The van der Waals surface area contributed by atoms with E-state index in [1.165, 1.54) is 12.8 Å². The highest BCUT2D eigenvalue weighted by Crippen LogP contribution is 2.44. The van der Waals surface area contributed by atoms with Crippen LogP contribution in [0.15, 0.2) is 58.3 Å². The lowest BCUT2D eigenvalue weighted by Gasteiger charge is -2.30. The Hall–Kier alpha value is -2.60. The molecule has 1 saturated carbocycles. The van der Waals surface area contributed by atoms with E-state index in [9.17, 15) is 13.2 Å². The van der Waals surface area contributed by atoms with Crippen LogP contribution >= 0.6 is 0 Å². The zero-order valence-electron chi connectivity index (χ0n) is 16.7. The molecule has 0 spiro atoms. The van der Waals surface area contributed by atoms with Gasteiger partial charge in [-0.2, -0.15) is 0 Å². The van der Waals surface area contributed by atoms with Gasteiger partial charge < -0.3 is 9.64 Å². The van der Waals surface area contributed by atoms with Crippen molar-refractivity contribution in [2.24, 2.45) is 5.92 Å². The molecule has 29 heavy (non-hydrogen) atoms. The van der Waals surface area contributed by atoms with E-state index in [0.717, 1.165) is 12.8 Å². The van der Waals surface area contributed by atoms with Crippen LogP contribution in [0.3, 0.4) is 0 Å². The molecule has 0 saturated heterocycles. The van der Waals surface area contributed by atoms with Crippen molar-refractivity contribution in [1.82, 2.24) is 0 Å². The smallest absolute Gasteiger partial charge is 0.338 e. The van der Waals surface area contributed by atoms with Gasteiger partial charge in [0.2, 0.25) is 9.84 Å². The van der Waals surface area contributed by atoms with Crippen molar-refractivity contribution >= 4 is 32.8 Å². The molecule has 6 heteroatoms. The molecule has 0 amide bonds. The fourth-order valence-electron chi connectivity index (χ4n) is 4.23. The zero-order chi connectivity index (χ0) is 20.6. The Morgan fingerprint density at radius 2 is 1.79 bits per heavy atom. The van der Waals surface area contributed by atoms with E-state index in [2.05, 4.69) is 0 Å². The first-order valence-corrected chi connectivity index (χ1v) is 11.5. The molecule has 0 aromatic heterocycles. The van der Waals surface area contributed by atoms with Crippen LogP contribution in [0.2, 0.25) is 0 Å². The predicted octanol–water partition coefficient (Wildman–Crippen LogP) is 4.74. The molecule has 1 aliphatic carbocycles. The fourth-order valence-corrected chi connectivity index (χ4v) is 5.93. The molecular formula is C23H25NO4S. The summed E-state index contributed by atoms with van der Waals surface area (Å²) in [6.07, 6.45) is 6.47. The van der Waals surface area contributed by atoms with E-state index >= 15 is 0 Å². The molecule has 0 unspecified atom stereocenters. The molecule has 1 aliphatic heterocycles. The lowest BCUT2D eigenvalue weighted by molar-refractivity contribution is -0.136. The van der Waals surface area contributed by atoms with Crippen molar-refractivity contribution < 1.29 is 17.9 Å². The van der Waals surface area contributed by atoms with E-state index in [-0.39, 0.29) is 10.9 Å². The number of allylic oxidation sites excluding steroid dienone is 1. The summed E-state index contributed by atoms with van der Waals surface area (Å²) in [5.41, 5.74) is 2.42. The number of benzene rings is 2. The topological polar surface area (TPSA) is 63.7 Å². The van der Waals surface area contributed by atoms with Gasteiger partial charge in [0.05, 0.1) is 33.3 Å². The van der Waals surface area contributed by atoms with E-state index in [4.69, 9.17) is 4.74 Å². The van der Waals surface area contributed by atoms with Crippen molar-refractivity contribution in [2.45, 2.75) is 42.4 Å². The Balaban J connectivity index is 1.83. The third kappa shape index (κ3) is 3.46. The summed E-state index contributed by atoms with van der Waals surface area (Å²) >= 11 is 0. The third-order valence-corrected chi connectivity index (χ3v) is 7.58. The van der Waals surface area contributed by atoms with Crippen LogP contribution < -0.4 is 4.90 Å². The first kappa shape index (κ1) is 19.7. The largest absolute Gasteiger partial charge is 0.462 e. The monoisotopic (exact) mass is 411 g/mol. The van der Waals surface area contributed by atoms with Crippen molar-refractivity contribution in [2.75, 3.05) is 18.6 Å². The van der Waals surface area contributed by atoms with E-state index < -0.39 is 9.84 Å². The van der Waals surface area contributed by atoms with Crippen LogP contribution in [-0.2, 0) is 19.4 Å². The molecule has 0 radical (unpaired) electrons. The average molecular weight is 412 g/mol. The highest BCUT2D eigenvalue weighted by Gasteiger charge is 2.33. The van der Waals surface area contributed by atoms with Gasteiger partial charge in [-0.1, -0.05) is 37.1 Å². The molecule has 5 nitrogen and oxygen atoms in total. The molecule has 2 aliphatic rings. The number of anilines is 2. The van der Waals surface area contributed by atoms with Gasteiger partial charge in [-0.25, -0.2) is 13.2 Å². The zero-order valence-corrected chi connectivity index (χ0v) is 17.5. The van der Waals surface area contributed by atoms with E-state index in [1.54, 1.807) is 43.3 Å². The third-order valence-electron chi connectivity index (χ3n) is 5.73. The van der Waals surface area contributed by atoms with Crippen LogP contribution in [0.1, 0.15) is 38.2 Å². The second-order valence-electron chi connectivity index (χ2n) is 7.56. The van der Waals surface area contributed by atoms with Gasteiger partial charge in [-0.15, -0.1) is 0 Å². The molecule has 0 bridgehead atoms. The first-order chi connectivity index (χ1) is 13.9. The maximum absolute atomic E-state index is 13.1. The number of hydrogen-bond acceptors (Lipinski definition) is 5. The summed E-state index contributed by atoms with van der Waals surface area (Å²) in [6, 6.07) is 12.1. The van der Waals surface area contributed by atoms with E-state index in [0.29, 0.717) is 39.9 Å². The molecule has 1 fully saturated rings. The van der Waals surface area contributed by atoms with Gasteiger partial charge >= 0.3 is 5.97 Å². The number of carbonyl (C=O) groups excluding carboxylic acids is 1. The molecule has 2 aromatic carbocycles. The minimum absolute atomic E-state index is 0.256. The number of nitrogens with zero attached hydrogens (tertiary/aromatic N) is 1. The summed E-state index contributed by atoms with van der Waals surface area (Å²) in [4.78, 5) is 15.1. The molecular weight excluding hydrogens is 386 g/mol. The standard InChI is InChI=1S/C23H25NO4S/c1-3-28-23(25)18(14-16-8-4-5-9-16)17-12-13-22-20(15-17)24(2)19-10-6-7-11-21(19)29(22,26)27/h6-7,10-16H,3-5,8-9H2,1-2H3/b18-14+. The maximum atomic E-state index is 13.1. The summed E-state index contributed by atoms with van der Waals surface area (Å²) in [7, 11) is -1.76. The molecule has 2 aromatic rings. The molecule has 1 heterocycles. The number of esters is 1. The van der Waals surface area contributed by atoms with Crippen LogP contribution in [0.4, 0.5) is 11.4 Å². The van der Waals surface area contributed by atoms with Crippen molar-refractivity contribution in [3.05, 3.63) is 54.1 Å². The number of sulfone groups is 1. The Labute approximate surface area is 171 Å². The average Bonchev–Trinajstić information content (AvgIpc) is 3.24. The Kier molecular flexibility index (Phi) is 5.21. The second-order valence-corrected chi connectivity index (χ2v) is 9.44. The number of para-hydroxylation sites is 1. The number of ether oxygens (including phenoxy) is 1. The highest BCUT2D eigenvalue weighted by atomic mass is 32.2. The van der Waals surface area contributed by atoms with Gasteiger partial charge in [0.25, 0.3) is 0 Å². The predicted molar refractivity (Wildman–Crippen MR) is 113 cm³/mol. The van der Waals surface area contributed by atoms with Gasteiger partial charge in [0, 0.05) is 7.05 Å². The quantitative estimate of drug-likeness (QED) is 0.537. The Morgan fingerprint density at radius 3 is 2.52 bits per heavy atom. The normalized spacial score (nSPS) is 18.3. The van der Waals surface area contributed by atoms with E-state index in [1.807, 2.05) is 24.1 Å². The maximum Gasteiger partial charge on any atom is 0.338 e. The van der Waals surface area contributed by atoms with Gasteiger partial charge in [-0.3, -0.25) is 0 Å². The molecule has 4 rings (SSSR count). The fraction of sp³-hybridized carbons (Fsp3) is 0.348. The number of carbonyl (C=O) groups is 1. The number of hydrogen-bond donors (Lipinski definition) is 0. The minimum atomic E-state index is -3.61. The minimum Gasteiger partial charge on any atom is -0.462 e. The summed E-state index contributed by atoms with van der Waals surface area (Å²) in [5.74, 6) is -0.00584. The van der Waals surface area contributed by atoms with Crippen LogP contribution in [0.5, 0.6) is 0 Å². The summed E-state index contributed by atoms with van der Waals surface area (Å²) in [6.45, 7) is 2.09. The first-order valence-electron chi connectivity index (χ1n) is 10.0. The lowest BCUT2D eigenvalue weighted by atomic mass is 9.98. The lowest BCUT2D eigenvalue weighted by Crippen LogP contribution is -2.22. The van der Waals surface area contributed by atoms with Gasteiger partial charge in [0.1, 0.15) is 0 Å². The van der Waals surface area contributed by atoms with Crippen LogP contribution in [0.25, 0.3) is 5.57 Å². The molecule has 152 valence electrons. The Morgan fingerprint density at radius 1 is 1.10 bits per heavy atom. The molecule has 0 atom stereocenters. The van der Waals surface area contributed by atoms with Gasteiger partial charge in [-0.05, 0) is 55.5 Å². The number of rotatable bonds is 4. The number of fused-ring (bicyclic) bond motifs is 2. The summed E-state index contributed by atoms with van der Waals surface area (Å²) in [5, 5.41) is 0. The van der Waals surface area contributed by atoms with Crippen LogP contribution in [-0.4, -0.2) is 28.0 Å². The molecule has 0 N–H and O–H groups in total. The highest BCUT2D eigenvalue weighted by molar-refractivity contribution is 7.92. The van der Waals surface area contributed by atoms with Gasteiger partial charge in [0.15, 0.2) is 0 Å². The van der Waals surface area contributed by atoms with Crippen molar-refractivity contribution in [3.63, 3.8) is 0 Å². The summed E-state index contributed by atoms with van der Waals surface area (Å²) < 4.78 is 31.5. The Bertz CT molecular complexity index is 1080. The van der Waals surface area contributed by atoms with Crippen molar-refractivity contribution in [1.29, 1.82) is 0 Å². The van der Waals surface area contributed by atoms with Crippen molar-refractivity contribution in [3.8, 4) is 0 Å². The second kappa shape index (κ2) is 7.67. The van der Waals surface area contributed by atoms with Crippen LogP contribution in [0, 0.1) is 5.92 Å². The SMILES string of the molecule is CCOC(=O)/C(=C/C1CCCC1)c1ccc2c(c1)N(C)c1ccccc1S2(=O)=O.